The maximum Gasteiger partial charge on any atom is 0.191 e. The molecule has 0 saturated carbocycles. The van der Waals surface area contributed by atoms with Crippen LogP contribution in [-0.4, -0.2) is 48.5 Å². The van der Waals surface area contributed by atoms with E-state index in [1.807, 2.05) is 0 Å². The summed E-state index contributed by atoms with van der Waals surface area (Å²) in [6.45, 7) is 9.97. The van der Waals surface area contributed by atoms with Crippen molar-refractivity contribution in [1.29, 1.82) is 0 Å². The zero-order valence-corrected chi connectivity index (χ0v) is 15.4. The van der Waals surface area contributed by atoms with Crippen molar-refractivity contribution in [2.45, 2.75) is 26.8 Å². The Morgan fingerprint density at radius 3 is 2.57 bits per heavy atom. The van der Waals surface area contributed by atoms with Crippen LogP contribution in [0.15, 0.2) is 29.3 Å². The number of halogens is 1. The number of nitrogens with two attached hydrogens (primary N) is 1. The van der Waals surface area contributed by atoms with Crippen molar-refractivity contribution < 1.29 is 0 Å². The summed E-state index contributed by atoms with van der Waals surface area (Å²) in [5.41, 5.74) is 8.94. The number of hydrogen-bond donors (Lipinski definition) is 1. The first-order valence-electron chi connectivity index (χ1n) is 7.58. The molecule has 0 aromatic heterocycles. The Morgan fingerprint density at radius 1 is 1.24 bits per heavy atom. The van der Waals surface area contributed by atoms with Crippen molar-refractivity contribution in [2.24, 2.45) is 10.7 Å². The predicted octanol–water partition coefficient (Wildman–Crippen LogP) is 2.32. The van der Waals surface area contributed by atoms with Gasteiger partial charge < -0.3 is 10.6 Å². The van der Waals surface area contributed by atoms with E-state index in [0.29, 0.717) is 5.96 Å². The van der Waals surface area contributed by atoms with Crippen molar-refractivity contribution in [3.8, 4) is 0 Å². The number of nitrogens with zero attached hydrogens (tertiary/aromatic N) is 3. The molecular weight excluding hydrogens is 375 g/mol. The summed E-state index contributed by atoms with van der Waals surface area (Å²) in [5.74, 6) is 0.674. The molecule has 1 aromatic carbocycles. The minimum atomic E-state index is 0. The second kappa shape index (κ2) is 9.25. The largest absolute Gasteiger partial charge is 0.370 e. The van der Waals surface area contributed by atoms with Crippen LogP contribution in [-0.2, 0) is 13.0 Å². The van der Waals surface area contributed by atoms with Crippen molar-refractivity contribution in [2.75, 3.05) is 32.7 Å². The minimum Gasteiger partial charge on any atom is -0.370 e. The summed E-state index contributed by atoms with van der Waals surface area (Å²) in [7, 11) is 0. The Balaban J connectivity index is 0.00000220. The monoisotopic (exact) mass is 402 g/mol. The van der Waals surface area contributed by atoms with Gasteiger partial charge in [-0.2, -0.15) is 0 Å². The van der Waals surface area contributed by atoms with Crippen molar-refractivity contribution in [3.63, 3.8) is 0 Å². The van der Waals surface area contributed by atoms with E-state index in [9.17, 15) is 0 Å². The zero-order valence-electron chi connectivity index (χ0n) is 13.1. The molecule has 0 saturated heterocycles. The maximum absolute atomic E-state index is 5.99. The fourth-order valence-electron chi connectivity index (χ4n) is 2.70. The van der Waals surface area contributed by atoms with E-state index in [0.717, 1.165) is 45.7 Å². The summed E-state index contributed by atoms with van der Waals surface area (Å²) in [6, 6.07) is 8.72. The molecule has 118 valence electrons. The van der Waals surface area contributed by atoms with E-state index < -0.39 is 0 Å². The summed E-state index contributed by atoms with van der Waals surface area (Å²) in [5, 5.41) is 0. The van der Waals surface area contributed by atoms with E-state index in [-0.39, 0.29) is 24.0 Å². The molecule has 21 heavy (non-hydrogen) atoms. The second-order valence-corrected chi connectivity index (χ2v) is 5.21. The van der Waals surface area contributed by atoms with Gasteiger partial charge in [0.1, 0.15) is 0 Å². The molecule has 1 aromatic rings. The minimum absolute atomic E-state index is 0. The van der Waals surface area contributed by atoms with Gasteiger partial charge >= 0.3 is 0 Å². The van der Waals surface area contributed by atoms with Gasteiger partial charge in [-0.1, -0.05) is 24.3 Å². The molecule has 1 aliphatic heterocycles. The lowest BCUT2D eigenvalue weighted by Crippen LogP contribution is -2.38. The molecule has 0 amide bonds. The second-order valence-electron chi connectivity index (χ2n) is 5.21. The highest BCUT2D eigenvalue weighted by Crippen LogP contribution is 2.17. The standard InChI is InChI=1S/C16H26N4.HI/c1-3-20(4-2)16(17)18-10-12-19-11-9-14-7-5-6-8-15(14)13-19;/h5-8H,3-4,9-13H2,1-2H3,(H2,17,18);1H. The lowest BCUT2D eigenvalue weighted by Gasteiger charge is -2.28. The van der Waals surface area contributed by atoms with Crippen LogP contribution in [0.25, 0.3) is 0 Å². The molecular formula is C16H27IN4. The normalized spacial score (nSPS) is 15.2. The van der Waals surface area contributed by atoms with Crippen molar-refractivity contribution >= 4 is 29.9 Å². The third-order valence-corrected chi connectivity index (χ3v) is 3.99. The first-order valence-corrected chi connectivity index (χ1v) is 7.58. The number of aliphatic imine (C=N–C) groups is 1. The van der Waals surface area contributed by atoms with Gasteiger partial charge in [-0.05, 0) is 31.4 Å². The van der Waals surface area contributed by atoms with E-state index in [1.54, 1.807) is 0 Å². The molecule has 4 nitrogen and oxygen atoms in total. The van der Waals surface area contributed by atoms with Crippen LogP contribution in [0.3, 0.4) is 0 Å². The van der Waals surface area contributed by atoms with Gasteiger partial charge in [-0.3, -0.25) is 9.89 Å². The molecule has 5 heteroatoms. The summed E-state index contributed by atoms with van der Waals surface area (Å²) < 4.78 is 0. The van der Waals surface area contributed by atoms with Crippen LogP contribution >= 0.6 is 24.0 Å². The lowest BCUT2D eigenvalue weighted by atomic mass is 10.0. The van der Waals surface area contributed by atoms with E-state index in [4.69, 9.17) is 5.73 Å². The molecule has 2 rings (SSSR count). The Labute approximate surface area is 145 Å². The summed E-state index contributed by atoms with van der Waals surface area (Å²) in [6.07, 6.45) is 1.14. The van der Waals surface area contributed by atoms with E-state index in [2.05, 4.69) is 52.9 Å². The van der Waals surface area contributed by atoms with Crippen molar-refractivity contribution in [1.82, 2.24) is 9.80 Å². The third kappa shape index (κ3) is 5.14. The van der Waals surface area contributed by atoms with Crippen LogP contribution in [0.2, 0.25) is 0 Å². The highest BCUT2D eigenvalue weighted by molar-refractivity contribution is 14.0. The van der Waals surface area contributed by atoms with Gasteiger partial charge in [-0.15, -0.1) is 24.0 Å². The van der Waals surface area contributed by atoms with Gasteiger partial charge in [0.25, 0.3) is 0 Å². The molecule has 1 aliphatic rings. The van der Waals surface area contributed by atoms with Crippen molar-refractivity contribution in [3.05, 3.63) is 35.4 Å². The fraction of sp³-hybridized carbons (Fsp3) is 0.562. The zero-order chi connectivity index (χ0) is 14.4. The number of rotatable bonds is 5. The lowest BCUT2D eigenvalue weighted by molar-refractivity contribution is 0.261. The molecule has 0 spiro atoms. The van der Waals surface area contributed by atoms with Crippen LogP contribution in [0.1, 0.15) is 25.0 Å². The van der Waals surface area contributed by atoms with Crippen LogP contribution in [0, 0.1) is 0 Å². The number of benzene rings is 1. The highest BCUT2D eigenvalue weighted by atomic mass is 127. The fourth-order valence-corrected chi connectivity index (χ4v) is 2.70. The maximum atomic E-state index is 5.99. The molecule has 0 radical (unpaired) electrons. The van der Waals surface area contributed by atoms with Crippen LogP contribution < -0.4 is 5.73 Å². The first-order chi connectivity index (χ1) is 9.74. The Bertz CT molecular complexity index is 457. The third-order valence-electron chi connectivity index (χ3n) is 3.99. The molecule has 1 heterocycles. The molecule has 2 N–H and O–H groups in total. The number of fused-ring (bicyclic) bond motifs is 1. The molecule has 0 fully saturated rings. The number of hydrogen-bond acceptors (Lipinski definition) is 2. The smallest absolute Gasteiger partial charge is 0.191 e. The highest BCUT2D eigenvalue weighted by Gasteiger charge is 2.14. The van der Waals surface area contributed by atoms with E-state index >= 15 is 0 Å². The van der Waals surface area contributed by atoms with Gasteiger partial charge in [0.15, 0.2) is 5.96 Å². The van der Waals surface area contributed by atoms with E-state index in [1.165, 1.54) is 11.1 Å². The van der Waals surface area contributed by atoms with Gasteiger partial charge in [0.05, 0.1) is 6.54 Å². The Kier molecular flexibility index (Phi) is 8.03. The number of guanidine groups is 1. The van der Waals surface area contributed by atoms with Gasteiger partial charge in [-0.25, -0.2) is 0 Å². The molecule has 0 aliphatic carbocycles. The average molecular weight is 402 g/mol. The molecule has 0 unspecified atom stereocenters. The first kappa shape index (κ1) is 18.2. The van der Waals surface area contributed by atoms with Crippen LogP contribution in [0.4, 0.5) is 0 Å². The van der Waals surface area contributed by atoms with Crippen LogP contribution in [0.5, 0.6) is 0 Å². The van der Waals surface area contributed by atoms with Gasteiger partial charge in [0.2, 0.25) is 0 Å². The quantitative estimate of drug-likeness (QED) is 0.467. The summed E-state index contributed by atoms with van der Waals surface area (Å²) >= 11 is 0. The average Bonchev–Trinajstić information content (AvgIpc) is 2.48. The van der Waals surface area contributed by atoms with Gasteiger partial charge in [0, 0.05) is 32.7 Å². The molecule has 0 bridgehead atoms. The topological polar surface area (TPSA) is 44.9 Å². The Morgan fingerprint density at radius 2 is 1.90 bits per heavy atom. The Hall–Kier alpha value is -0.820. The summed E-state index contributed by atoms with van der Waals surface area (Å²) in [4.78, 5) is 9.04. The predicted molar refractivity (Wildman–Crippen MR) is 100 cm³/mol. The SMILES string of the molecule is CCN(CC)C(N)=NCCN1CCc2ccccc2C1.I. The molecule has 0 atom stereocenters.